The number of hydrogen-bond donors (Lipinski definition) is 1. The van der Waals surface area contributed by atoms with Gasteiger partial charge in [-0.1, -0.05) is 12.5 Å². The minimum atomic E-state index is -0.436. The summed E-state index contributed by atoms with van der Waals surface area (Å²) in [5.41, 5.74) is 8.59. The molecule has 0 saturated heterocycles. The zero-order chi connectivity index (χ0) is 16.9. The number of amidine groups is 1. The van der Waals surface area contributed by atoms with Crippen LogP contribution in [-0.4, -0.2) is 28.7 Å². The average Bonchev–Trinajstić information content (AvgIpc) is 3.05. The van der Waals surface area contributed by atoms with Gasteiger partial charge in [-0.05, 0) is 37.0 Å². The quantitative estimate of drug-likeness (QED) is 0.865. The van der Waals surface area contributed by atoms with Crippen molar-refractivity contribution in [3.05, 3.63) is 42.5 Å². The summed E-state index contributed by atoms with van der Waals surface area (Å²) in [5.74, 6) is 1.20. The van der Waals surface area contributed by atoms with Crippen LogP contribution in [0.1, 0.15) is 31.2 Å². The van der Waals surface area contributed by atoms with E-state index < -0.39 is 5.54 Å². The highest BCUT2D eigenvalue weighted by atomic mass is 16.5. The van der Waals surface area contributed by atoms with Gasteiger partial charge < -0.3 is 15.2 Å². The second kappa shape index (κ2) is 5.44. The number of nitrogens with zero attached hydrogens (tertiary/aromatic N) is 3. The summed E-state index contributed by atoms with van der Waals surface area (Å²) in [6.45, 7) is 0.491. The van der Waals surface area contributed by atoms with Gasteiger partial charge in [0.1, 0.15) is 30.3 Å². The van der Waals surface area contributed by atoms with Gasteiger partial charge in [0.2, 0.25) is 0 Å². The van der Waals surface area contributed by atoms with Crippen LogP contribution in [0.5, 0.6) is 5.75 Å². The molecule has 1 fully saturated rings. The van der Waals surface area contributed by atoms with Gasteiger partial charge in [0, 0.05) is 29.4 Å². The number of aromatic nitrogens is 2. The van der Waals surface area contributed by atoms with Crippen molar-refractivity contribution in [3.8, 4) is 16.9 Å². The fourth-order valence-corrected chi connectivity index (χ4v) is 4.52. The number of aliphatic imine (C=N–C) groups is 1. The highest BCUT2D eigenvalue weighted by Gasteiger charge is 2.54. The summed E-state index contributed by atoms with van der Waals surface area (Å²) >= 11 is 0. The predicted molar refractivity (Wildman–Crippen MR) is 93.1 cm³/mol. The largest absolute Gasteiger partial charge is 0.490 e. The van der Waals surface area contributed by atoms with Crippen LogP contribution in [0, 0.1) is 5.92 Å². The fourth-order valence-electron chi connectivity index (χ4n) is 4.52. The maximum atomic E-state index is 6.35. The molecule has 0 radical (unpaired) electrons. The zero-order valence-corrected chi connectivity index (χ0v) is 13.9. The lowest BCUT2D eigenvalue weighted by Gasteiger charge is -2.46. The molecule has 3 unspecified atom stereocenters. The van der Waals surface area contributed by atoms with Crippen LogP contribution in [0.4, 0.5) is 0 Å². The normalized spacial score (nSPS) is 30.0. The first-order valence-corrected chi connectivity index (χ1v) is 8.81. The Morgan fingerprint density at radius 2 is 1.92 bits per heavy atom. The van der Waals surface area contributed by atoms with E-state index in [9.17, 15) is 0 Å². The maximum Gasteiger partial charge on any atom is 0.283 e. The van der Waals surface area contributed by atoms with E-state index in [0.717, 1.165) is 35.3 Å². The Hall–Kier alpha value is -2.63. The van der Waals surface area contributed by atoms with Crippen LogP contribution in [0.15, 0.2) is 41.9 Å². The summed E-state index contributed by atoms with van der Waals surface area (Å²) in [6, 6.07) is 6.51. The molecule has 3 atom stereocenters. The zero-order valence-electron chi connectivity index (χ0n) is 13.9. The molecule has 0 amide bonds. The van der Waals surface area contributed by atoms with Crippen LogP contribution >= 0.6 is 0 Å². The second-order valence-corrected chi connectivity index (χ2v) is 7.05. The first kappa shape index (κ1) is 14.7. The van der Waals surface area contributed by atoms with E-state index in [2.05, 4.69) is 22.1 Å². The van der Waals surface area contributed by atoms with Gasteiger partial charge in [-0.3, -0.25) is 0 Å². The molecule has 1 aliphatic carbocycles. The Kier molecular flexibility index (Phi) is 3.20. The molecule has 2 aromatic rings. The number of rotatable bonds is 1. The minimum Gasteiger partial charge on any atom is -0.490 e. The van der Waals surface area contributed by atoms with Crippen molar-refractivity contribution in [2.75, 3.05) is 6.61 Å². The molecule has 3 aliphatic rings. The Labute approximate surface area is 146 Å². The molecule has 1 saturated carbocycles. The van der Waals surface area contributed by atoms with Gasteiger partial charge in [0.05, 0.1) is 0 Å². The fraction of sp³-hybridized carbons (Fsp3) is 0.421. The topological polar surface area (TPSA) is 82.6 Å². The molecule has 5 rings (SSSR count). The van der Waals surface area contributed by atoms with E-state index in [1.807, 2.05) is 18.5 Å². The maximum absolute atomic E-state index is 6.35. The van der Waals surface area contributed by atoms with Crippen molar-refractivity contribution in [1.29, 1.82) is 0 Å². The number of benzene rings is 1. The molecule has 1 aromatic heterocycles. The summed E-state index contributed by atoms with van der Waals surface area (Å²) in [6.07, 6.45) is 9.91. The lowest BCUT2D eigenvalue weighted by Crippen LogP contribution is -2.49. The second-order valence-electron chi connectivity index (χ2n) is 7.05. The third-order valence-corrected chi connectivity index (χ3v) is 5.68. The smallest absolute Gasteiger partial charge is 0.283 e. The Balaban J connectivity index is 1.68. The average molecular weight is 336 g/mol. The molecular weight excluding hydrogens is 316 g/mol. The van der Waals surface area contributed by atoms with Crippen molar-refractivity contribution < 1.29 is 9.47 Å². The number of ether oxygens (including phenoxy) is 2. The van der Waals surface area contributed by atoms with E-state index >= 15 is 0 Å². The van der Waals surface area contributed by atoms with Crippen LogP contribution < -0.4 is 10.5 Å². The number of hydrogen-bond acceptors (Lipinski definition) is 6. The SMILES string of the molecule is NC1=NC2(CO1)c1cc(-c3cncnc3)ccc1OC1CCCCC12. The molecule has 1 aromatic carbocycles. The summed E-state index contributed by atoms with van der Waals surface area (Å²) < 4.78 is 12.0. The van der Waals surface area contributed by atoms with Crippen molar-refractivity contribution in [2.24, 2.45) is 16.6 Å². The molecule has 128 valence electrons. The molecule has 2 N–H and O–H groups in total. The summed E-state index contributed by atoms with van der Waals surface area (Å²) in [4.78, 5) is 13.1. The van der Waals surface area contributed by atoms with E-state index in [0.29, 0.717) is 12.5 Å². The summed E-state index contributed by atoms with van der Waals surface area (Å²) in [5, 5.41) is 0. The van der Waals surface area contributed by atoms with Crippen LogP contribution in [0.3, 0.4) is 0 Å². The number of fused-ring (bicyclic) bond motifs is 4. The Morgan fingerprint density at radius 3 is 2.72 bits per heavy atom. The van der Waals surface area contributed by atoms with Gasteiger partial charge in [-0.25, -0.2) is 15.0 Å². The van der Waals surface area contributed by atoms with Crippen LogP contribution in [0.25, 0.3) is 11.1 Å². The lowest BCUT2D eigenvalue weighted by molar-refractivity contribution is 0.00745. The molecule has 6 heteroatoms. The van der Waals surface area contributed by atoms with Crippen molar-refractivity contribution in [1.82, 2.24) is 9.97 Å². The lowest BCUT2D eigenvalue weighted by atomic mass is 9.68. The van der Waals surface area contributed by atoms with Gasteiger partial charge in [-0.2, -0.15) is 0 Å². The van der Waals surface area contributed by atoms with Gasteiger partial charge in [0.25, 0.3) is 6.02 Å². The van der Waals surface area contributed by atoms with E-state index in [-0.39, 0.29) is 12.1 Å². The van der Waals surface area contributed by atoms with Gasteiger partial charge in [-0.15, -0.1) is 0 Å². The third kappa shape index (κ3) is 2.20. The standard InChI is InChI=1S/C19H20N4O2/c20-18-23-19(10-24-18)14-3-1-2-4-16(14)25-17-6-5-12(7-15(17)19)13-8-21-11-22-9-13/h5-9,11,14,16H,1-4,10H2,(H2,20,23). The molecule has 3 heterocycles. The summed E-state index contributed by atoms with van der Waals surface area (Å²) in [7, 11) is 0. The Morgan fingerprint density at radius 1 is 1.08 bits per heavy atom. The Bertz CT molecular complexity index is 839. The predicted octanol–water partition coefficient (Wildman–Crippen LogP) is 2.64. The van der Waals surface area contributed by atoms with E-state index in [1.165, 1.54) is 19.2 Å². The monoisotopic (exact) mass is 336 g/mol. The molecule has 1 spiro atoms. The number of nitrogens with two attached hydrogens (primary N) is 1. The van der Waals surface area contributed by atoms with Crippen LogP contribution in [-0.2, 0) is 10.3 Å². The van der Waals surface area contributed by atoms with Crippen molar-refractivity contribution in [2.45, 2.75) is 37.3 Å². The van der Waals surface area contributed by atoms with Gasteiger partial charge >= 0.3 is 0 Å². The third-order valence-electron chi connectivity index (χ3n) is 5.68. The van der Waals surface area contributed by atoms with E-state index in [1.54, 1.807) is 0 Å². The minimum absolute atomic E-state index is 0.186. The molecular formula is C19H20N4O2. The van der Waals surface area contributed by atoms with Gasteiger partial charge in [0.15, 0.2) is 0 Å². The first-order chi connectivity index (χ1) is 12.3. The first-order valence-electron chi connectivity index (χ1n) is 8.81. The molecule has 2 aliphatic heterocycles. The molecule has 6 nitrogen and oxygen atoms in total. The molecule has 0 bridgehead atoms. The van der Waals surface area contributed by atoms with Crippen molar-refractivity contribution >= 4 is 6.02 Å². The van der Waals surface area contributed by atoms with E-state index in [4.69, 9.17) is 20.2 Å². The highest BCUT2D eigenvalue weighted by Crippen LogP contribution is 2.52. The molecule has 25 heavy (non-hydrogen) atoms. The van der Waals surface area contributed by atoms with Crippen molar-refractivity contribution in [3.63, 3.8) is 0 Å². The van der Waals surface area contributed by atoms with Crippen LogP contribution in [0.2, 0.25) is 0 Å². The highest BCUT2D eigenvalue weighted by molar-refractivity contribution is 5.75.